The van der Waals surface area contributed by atoms with Crippen LogP contribution in [-0.2, 0) is 7.05 Å². The number of halogens is 4. The van der Waals surface area contributed by atoms with E-state index in [1.807, 2.05) is 0 Å². The molecule has 5 rings (SSSR count). The highest BCUT2D eigenvalue weighted by molar-refractivity contribution is 6.34. The molecule has 44 heavy (non-hydrogen) atoms. The Kier molecular flexibility index (Phi) is 8.62. The molecule has 2 aliphatic heterocycles. The van der Waals surface area contributed by atoms with E-state index in [4.69, 9.17) is 22.7 Å². The number of nitrogens with one attached hydrogen (secondary N) is 5. The molecule has 7 N–H and O–H groups in total. The van der Waals surface area contributed by atoms with Crippen molar-refractivity contribution in [2.45, 2.75) is 19.1 Å². The van der Waals surface area contributed by atoms with Gasteiger partial charge in [-0.1, -0.05) is 18.5 Å². The minimum Gasteiger partial charge on any atom is -0.404 e. The van der Waals surface area contributed by atoms with E-state index in [-0.39, 0.29) is 57.6 Å². The number of urea groups is 1. The number of alkyl halides is 3. The Labute approximate surface area is 256 Å². The summed E-state index contributed by atoms with van der Waals surface area (Å²) in [5.74, 6) is -0.0841. The monoisotopic (exact) mass is 635 g/mol. The standard InChI is InChI=1S/C28H33ClF3N9O3/c1-13-7-35-8-14(13)9-37-27(44)41-11-18-19(12-41)22(18)39-25(42)16-4-3-15(5-20(16)29)38-26(43)24-36-10-21(40(24)2)17(6-33)23(34)28(30,31)32/h3-6,10,13-14,18-19,22,34-35H,7-9,11-12,33H2,1-2H3,(H,37,44)(H,38,43)(H,39,42)/b17-6-,34-23?/t13-,14?,18-,19+,22+/m0/s1. The van der Waals surface area contributed by atoms with Crippen molar-refractivity contribution in [2.24, 2.45) is 36.5 Å². The Hall–Kier alpha value is -4.11. The van der Waals surface area contributed by atoms with Gasteiger partial charge in [0.1, 0.15) is 5.71 Å². The molecule has 16 heteroatoms. The summed E-state index contributed by atoms with van der Waals surface area (Å²) in [6.45, 7) is 5.79. The number of benzene rings is 1. The van der Waals surface area contributed by atoms with Gasteiger partial charge in [0.15, 0.2) is 5.82 Å². The molecule has 1 aliphatic carbocycles. The summed E-state index contributed by atoms with van der Waals surface area (Å²) in [4.78, 5) is 44.1. The van der Waals surface area contributed by atoms with Crippen molar-refractivity contribution in [3.05, 3.63) is 52.7 Å². The van der Waals surface area contributed by atoms with Gasteiger partial charge in [-0.3, -0.25) is 15.0 Å². The number of aromatic nitrogens is 2. The number of hydrogen-bond donors (Lipinski definition) is 6. The van der Waals surface area contributed by atoms with Crippen LogP contribution in [0.4, 0.5) is 23.7 Å². The lowest BCUT2D eigenvalue weighted by Crippen LogP contribution is -2.44. The lowest BCUT2D eigenvalue weighted by molar-refractivity contribution is -0.0578. The van der Waals surface area contributed by atoms with Gasteiger partial charge in [0.2, 0.25) is 0 Å². The number of likely N-dealkylation sites (tertiary alicyclic amines) is 1. The average Bonchev–Trinajstić information content (AvgIpc) is 3.37. The average molecular weight is 636 g/mol. The summed E-state index contributed by atoms with van der Waals surface area (Å²) in [5.41, 5.74) is 3.29. The zero-order valence-electron chi connectivity index (χ0n) is 24.0. The maximum atomic E-state index is 13.1. The van der Waals surface area contributed by atoms with E-state index in [1.165, 1.54) is 25.2 Å². The Morgan fingerprint density at radius 1 is 1.20 bits per heavy atom. The smallest absolute Gasteiger partial charge is 0.404 e. The minimum absolute atomic E-state index is 0.0649. The van der Waals surface area contributed by atoms with E-state index in [0.29, 0.717) is 37.7 Å². The van der Waals surface area contributed by atoms with Crippen LogP contribution in [-0.4, -0.2) is 83.0 Å². The fourth-order valence-electron chi connectivity index (χ4n) is 5.89. The van der Waals surface area contributed by atoms with Crippen molar-refractivity contribution >= 4 is 46.4 Å². The van der Waals surface area contributed by atoms with E-state index in [9.17, 15) is 27.6 Å². The maximum Gasteiger partial charge on any atom is 0.433 e. The maximum absolute atomic E-state index is 13.1. The minimum atomic E-state index is -4.94. The van der Waals surface area contributed by atoms with E-state index in [0.717, 1.165) is 23.9 Å². The number of nitrogens with zero attached hydrogens (tertiary/aromatic N) is 3. The van der Waals surface area contributed by atoms with Crippen molar-refractivity contribution in [1.29, 1.82) is 5.41 Å². The number of hydrogen-bond acceptors (Lipinski definition) is 7. The number of carbonyl (C=O) groups is 3. The Bertz CT molecular complexity index is 1510. The molecule has 0 radical (unpaired) electrons. The first-order chi connectivity index (χ1) is 20.8. The topological polar surface area (TPSA) is 170 Å². The summed E-state index contributed by atoms with van der Waals surface area (Å²) in [5, 5.41) is 19.4. The first kappa shape index (κ1) is 31.3. The fourth-order valence-corrected chi connectivity index (χ4v) is 6.15. The summed E-state index contributed by atoms with van der Waals surface area (Å²) in [6.07, 6.45) is -3.29. The van der Waals surface area contributed by atoms with Crippen LogP contribution < -0.4 is 27.0 Å². The van der Waals surface area contributed by atoms with Gasteiger partial charge in [-0.05, 0) is 43.1 Å². The number of fused-ring (bicyclic) bond motifs is 1. The third-order valence-electron chi connectivity index (χ3n) is 8.63. The zero-order valence-corrected chi connectivity index (χ0v) is 24.7. The van der Waals surface area contributed by atoms with Crippen LogP contribution in [0.3, 0.4) is 0 Å². The van der Waals surface area contributed by atoms with E-state index in [2.05, 4.69) is 33.2 Å². The Morgan fingerprint density at radius 2 is 1.91 bits per heavy atom. The van der Waals surface area contributed by atoms with Crippen LogP contribution in [0.1, 0.15) is 33.6 Å². The number of carbonyl (C=O) groups excluding carboxylic acids is 3. The number of piperidine rings is 1. The van der Waals surface area contributed by atoms with Gasteiger partial charge >= 0.3 is 12.2 Å². The van der Waals surface area contributed by atoms with Crippen LogP contribution in [0.25, 0.3) is 5.57 Å². The number of anilines is 1. The highest BCUT2D eigenvalue weighted by atomic mass is 35.5. The van der Waals surface area contributed by atoms with Crippen LogP contribution in [0, 0.1) is 29.1 Å². The SMILES string of the molecule is C[C@H]1CNCC1CNC(=O)N1C[C@@H]2[C@H](C1)[C@H]2NC(=O)c1ccc(NC(=O)c2ncc(/C(=C/N)C(=N)C(F)(F)F)n2C)cc1Cl. The van der Waals surface area contributed by atoms with Crippen molar-refractivity contribution in [2.75, 3.05) is 38.0 Å². The molecule has 2 aromatic rings. The van der Waals surface area contributed by atoms with Gasteiger partial charge in [0.25, 0.3) is 11.8 Å². The van der Waals surface area contributed by atoms with Gasteiger partial charge < -0.3 is 36.5 Å². The molecule has 0 bridgehead atoms. The molecule has 12 nitrogen and oxygen atoms in total. The normalized spacial score (nSPS) is 24.5. The third-order valence-corrected chi connectivity index (χ3v) is 8.94. The predicted octanol–water partition coefficient (Wildman–Crippen LogP) is 2.43. The number of imidazole rings is 1. The quantitative estimate of drug-likeness (QED) is 0.243. The first-order valence-electron chi connectivity index (χ1n) is 14.1. The van der Waals surface area contributed by atoms with Gasteiger partial charge in [0, 0.05) is 62.0 Å². The van der Waals surface area contributed by atoms with E-state index >= 15 is 0 Å². The molecule has 1 aromatic heterocycles. The first-order valence-corrected chi connectivity index (χ1v) is 14.4. The van der Waals surface area contributed by atoms with Gasteiger partial charge in [-0.15, -0.1) is 0 Å². The predicted molar refractivity (Wildman–Crippen MR) is 157 cm³/mol. The van der Waals surface area contributed by atoms with Crippen LogP contribution in [0.5, 0.6) is 0 Å². The summed E-state index contributed by atoms with van der Waals surface area (Å²) >= 11 is 6.36. The number of rotatable bonds is 8. The summed E-state index contributed by atoms with van der Waals surface area (Å²) in [7, 11) is 1.32. The molecule has 5 atom stereocenters. The number of allylic oxidation sites excluding steroid dienone is 1. The second-order valence-electron chi connectivity index (χ2n) is 11.4. The molecule has 2 saturated heterocycles. The summed E-state index contributed by atoms with van der Waals surface area (Å²) in [6, 6.07) is 4.15. The Balaban J connectivity index is 1.13. The highest BCUT2D eigenvalue weighted by Gasteiger charge is 2.57. The molecule has 1 unspecified atom stereocenters. The second-order valence-corrected chi connectivity index (χ2v) is 11.8. The molecule has 236 valence electrons. The molecule has 1 saturated carbocycles. The highest BCUT2D eigenvalue weighted by Crippen LogP contribution is 2.45. The molecule has 1 aromatic carbocycles. The van der Waals surface area contributed by atoms with Crippen molar-refractivity contribution < 1.29 is 27.6 Å². The molecular weight excluding hydrogens is 603 g/mol. The second kappa shape index (κ2) is 12.1. The van der Waals surface area contributed by atoms with Gasteiger partial charge in [-0.2, -0.15) is 13.2 Å². The number of nitrogens with two attached hydrogens (primary N) is 1. The van der Waals surface area contributed by atoms with E-state index in [1.54, 1.807) is 4.90 Å². The van der Waals surface area contributed by atoms with Crippen LogP contribution in [0.2, 0.25) is 5.02 Å². The zero-order chi connectivity index (χ0) is 31.9. The van der Waals surface area contributed by atoms with Crippen molar-refractivity contribution in [3.63, 3.8) is 0 Å². The molecule has 4 amide bonds. The molecule has 3 heterocycles. The van der Waals surface area contributed by atoms with Crippen molar-refractivity contribution in [3.8, 4) is 0 Å². The summed E-state index contributed by atoms with van der Waals surface area (Å²) < 4.78 is 40.2. The van der Waals surface area contributed by atoms with Gasteiger partial charge in [0.05, 0.1) is 22.5 Å². The molecule has 0 spiro atoms. The molecule has 3 fully saturated rings. The lowest BCUT2D eigenvalue weighted by atomic mass is 9.98. The van der Waals surface area contributed by atoms with Crippen LogP contribution in [0.15, 0.2) is 30.6 Å². The molecular formula is C28H33ClF3N9O3. The van der Waals surface area contributed by atoms with Gasteiger partial charge in [-0.25, -0.2) is 9.78 Å². The Morgan fingerprint density at radius 3 is 2.50 bits per heavy atom. The third kappa shape index (κ3) is 6.24. The van der Waals surface area contributed by atoms with Crippen LogP contribution >= 0.6 is 11.6 Å². The van der Waals surface area contributed by atoms with E-state index < -0.39 is 23.4 Å². The fraction of sp³-hybridized carbons (Fsp3) is 0.464. The number of amides is 4. The lowest BCUT2D eigenvalue weighted by Gasteiger charge is -2.23. The largest absolute Gasteiger partial charge is 0.433 e. The molecule has 3 aliphatic rings. The van der Waals surface area contributed by atoms with Crippen molar-refractivity contribution in [1.82, 2.24) is 30.4 Å².